The van der Waals surface area contributed by atoms with Crippen molar-refractivity contribution in [2.45, 2.75) is 0 Å². The number of amides is 1. The van der Waals surface area contributed by atoms with Gasteiger partial charge in [-0.2, -0.15) is 0 Å². The first-order valence-corrected chi connectivity index (χ1v) is 10.4. The van der Waals surface area contributed by atoms with Gasteiger partial charge in [0.25, 0.3) is 5.91 Å². The van der Waals surface area contributed by atoms with Gasteiger partial charge in [-0.25, -0.2) is 9.97 Å². The van der Waals surface area contributed by atoms with Gasteiger partial charge in [0.15, 0.2) is 5.82 Å². The van der Waals surface area contributed by atoms with Crippen LogP contribution in [0.15, 0.2) is 48.5 Å². The topological polar surface area (TPSA) is 54.3 Å². The van der Waals surface area contributed by atoms with E-state index in [2.05, 4.69) is 11.9 Å². The van der Waals surface area contributed by atoms with Crippen LogP contribution in [0.4, 0.5) is 0 Å². The van der Waals surface area contributed by atoms with Gasteiger partial charge in [0.05, 0.1) is 10.9 Å². The second-order valence-corrected chi connectivity index (χ2v) is 8.21. The molecule has 0 saturated carbocycles. The highest BCUT2D eigenvalue weighted by Gasteiger charge is 2.27. The predicted molar refractivity (Wildman–Crippen MR) is 120 cm³/mol. The Morgan fingerprint density at radius 3 is 2.43 bits per heavy atom. The Hall–Kier alpha value is -2.96. The molecule has 1 saturated heterocycles. The van der Waals surface area contributed by atoms with Gasteiger partial charge in [0.1, 0.15) is 11.3 Å². The highest BCUT2D eigenvalue weighted by molar-refractivity contribution is 6.31. The van der Waals surface area contributed by atoms with E-state index in [0.29, 0.717) is 29.6 Å². The van der Waals surface area contributed by atoms with E-state index in [9.17, 15) is 4.79 Å². The van der Waals surface area contributed by atoms with Crippen molar-refractivity contribution < 1.29 is 4.79 Å². The van der Waals surface area contributed by atoms with Crippen LogP contribution >= 0.6 is 11.6 Å². The van der Waals surface area contributed by atoms with Crippen molar-refractivity contribution >= 4 is 39.4 Å². The first-order valence-electron chi connectivity index (χ1n) is 10.0. The van der Waals surface area contributed by atoms with Gasteiger partial charge in [-0.1, -0.05) is 48.0 Å². The maximum absolute atomic E-state index is 13.6. The van der Waals surface area contributed by atoms with Crippen LogP contribution in [-0.4, -0.2) is 63.5 Å². The molecule has 1 fully saturated rings. The number of nitrogens with zero attached hydrogens (tertiary/aromatic N) is 5. The van der Waals surface area contributed by atoms with E-state index in [1.54, 1.807) is 0 Å². The molecule has 4 aromatic rings. The number of aryl methyl sites for hydroxylation is 1. The summed E-state index contributed by atoms with van der Waals surface area (Å²) in [5.41, 5.74) is 3.01. The Balaban J connectivity index is 1.77. The molecule has 1 aliphatic heterocycles. The summed E-state index contributed by atoms with van der Waals surface area (Å²) in [7, 11) is 4.03. The second-order valence-electron chi connectivity index (χ2n) is 7.78. The number of piperazine rings is 1. The van der Waals surface area contributed by atoms with Gasteiger partial charge in [0.2, 0.25) is 0 Å². The molecule has 1 amide bonds. The minimum atomic E-state index is -0.0462. The lowest BCUT2D eigenvalue weighted by Crippen LogP contribution is -2.47. The number of hydrogen-bond donors (Lipinski definition) is 0. The Labute approximate surface area is 179 Å². The van der Waals surface area contributed by atoms with Crippen LogP contribution in [0.2, 0.25) is 5.02 Å². The van der Waals surface area contributed by atoms with E-state index in [1.165, 1.54) is 0 Å². The molecule has 6 nitrogen and oxygen atoms in total. The molecule has 0 radical (unpaired) electrons. The summed E-state index contributed by atoms with van der Waals surface area (Å²) < 4.78 is 1.99. The molecule has 3 heterocycles. The average molecular weight is 420 g/mol. The van der Waals surface area contributed by atoms with E-state index in [4.69, 9.17) is 21.6 Å². The summed E-state index contributed by atoms with van der Waals surface area (Å²) in [5.74, 6) is 0.507. The van der Waals surface area contributed by atoms with Crippen LogP contribution in [-0.2, 0) is 7.05 Å². The predicted octanol–water partition coefficient (Wildman–Crippen LogP) is 3.83. The molecule has 0 bridgehead atoms. The number of likely N-dealkylation sites (N-methyl/N-ethyl adjacent to an activating group) is 1. The first kappa shape index (κ1) is 19.0. The van der Waals surface area contributed by atoms with Crippen LogP contribution in [0.1, 0.15) is 10.5 Å². The molecule has 30 heavy (non-hydrogen) atoms. The van der Waals surface area contributed by atoms with Crippen molar-refractivity contribution in [1.29, 1.82) is 0 Å². The third-order valence-corrected chi connectivity index (χ3v) is 6.06. The van der Waals surface area contributed by atoms with Crippen LogP contribution in [0.5, 0.6) is 0 Å². The minimum Gasteiger partial charge on any atom is -0.335 e. The van der Waals surface area contributed by atoms with Crippen molar-refractivity contribution in [2.24, 2.45) is 7.05 Å². The largest absolute Gasteiger partial charge is 0.335 e. The van der Waals surface area contributed by atoms with Crippen molar-refractivity contribution in [3.05, 3.63) is 59.2 Å². The van der Waals surface area contributed by atoms with Crippen molar-refractivity contribution in [2.75, 3.05) is 33.2 Å². The van der Waals surface area contributed by atoms with Crippen LogP contribution in [0.25, 0.3) is 33.3 Å². The fourth-order valence-electron chi connectivity index (χ4n) is 4.08. The fourth-order valence-corrected chi connectivity index (χ4v) is 4.24. The molecule has 2 aromatic carbocycles. The molecule has 1 aliphatic rings. The molecule has 0 atom stereocenters. The summed E-state index contributed by atoms with van der Waals surface area (Å²) in [4.78, 5) is 27.4. The molecule has 0 N–H and O–H groups in total. The Morgan fingerprint density at radius 1 is 0.967 bits per heavy atom. The number of carbonyl (C=O) groups is 1. The Kier molecular flexibility index (Phi) is 4.68. The third kappa shape index (κ3) is 3.13. The maximum Gasteiger partial charge on any atom is 0.273 e. The lowest BCUT2D eigenvalue weighted by Gasteiger charge is -2.32. The number of aromatic nitrogens is 3. The van der Waals surface area contributed by atoms with Gasteiger partial charge >= 0.3 is 0 Å². The Morgan fingerprint density at radius 2 is 1.70 bits per heavy atom. The van der Waals surface area contributed by atoms with Crippen LogP contribution in [0.3, 0.4) is 0 Å². The Bertz CT molecular complexity index is 1260. The lowest BCUT2D eigenvalue weighted by atomic mass is 10.1. The number of halogens is 1. The second kappa shape index (κ2) is 7.38. The minimum absolute atomic E-state index is 0.0462. The molecular formula is C23H22ClN5O. The number of carbonyl (C=O) groups excluding carboxylic acids is 1. The molecular weight excluding hydrogens is 398 g/mol. The van der Waals surface area contributed by atoms with Crippen molar-refractivity contribution in [3.63, 3.8) is 0 Å². The van der Waals surface area contributed by atoms with Gasteiger partial charge in [0, 0.05) is 49.2 Å². The average Bonchev–Trinajstić information content (AvgIpc) is 3.05. The van der Waals surface area contributed by atoms with Gasteiger partial charge in [-0.15, -0.1) is 0 Å². The smallest absolute Gasteiger partial charge is 0.273 e. The van der Waals surface area contributed by atoms with Crippen molar-refractivity contribution in [3.8, 4) is 11.4 Å². The number of benzene rings is 2. The quantitative estimate of drug-likeness (QED) is 0.495. The van der Waals surface area contributed by atoms with E-state index in [1.807, 2.05) is 65.0 Å². The van der Waals surface area contributed by atoms with Crippen LogP contribution < -0.4 is 0 Å². The summed E-state index contributed by atoms with van der Waals surface area (Å²) in [5, 5.41) is 2.37. The SMILES string of the molecule is CN1CCN(C(=O)c2nc(-c3ccccc3)nc3c2c2ccc(Cl)cc2n3C)CC1. The standard InChI is InChI=1S/C23H22ClN5O/c1-27-10-12-29(13-11-27)23(30)20-19-17-9-8-16(24)14-18(17)28(2)22(19)26-21(25-20)15-6-4-3-5-7-15/h3-9,14H,10-13H2,1-2H3. The van der Waals surface area contributed by atoms with E-state index >= 15 is 0 Å². The fraction of sp³-hybridized carbons (Fsp3) is 0.261. The molecule has 2 aromatic heterocycles. The molecule has 0 spiro atoms. The molecule has 0 unspecified atom stereocenters. The summed E-state index contributed by atoms with van der Waals surface area (Å²) in [6, 6.07) is 15.5. The monoisotopic (exact) mass is 419 g/mol. The lowest BCUT2D eigenvalue weighted by molar-refractivity contribution is 0.0660. The highest BCUT2D eigenvalue weighted by Crippen LogP contribution is 2.33. The van der Waals surface area contributed by atoms with Gasteiger partial charge < -0.3 is 14.4 Å². The highest BCUT2D eigenvalue weighted by atomic mass is 35.5. The van der Waals surface area contributed by atoms with Gasteiger partial charge in [-0.05, 0) is 19.2 Å². The summed E-state index contributed by atoms with van der Waals surface area (Å²) >= 11 is 6.25. The number of hydrogen-bond acceptors (Lipinski definition) is 4. The maximum atomic E-state index is 13.6. The normalized spacial score (nSPS) is 15.2. The van der Waals surface area contributed by atoms with E-state index < -0.39 is 0 Å². The van der Waals surface area contributed by atoms with E-state index in [-0.39, 0.29) is 5.91 Å². The zero-order valence-corrected chi connectivity index (χ0v) is 17.7. The third-order valence-electron chi connectivity index (χ3n) is 5.82. The zero-order chi connectivity index (χ0) is 20.8. The van der Waals surface area contributed by atoms with Crippen LogP contribution in [0, 0.1) is 0 Å². The molecule has 5 rings (SSSR count). The molecule has 7 heteroatoms. The van der Waals surface area contributed by atoms with Gasteiger partial charge in [-0.3, -0.25) is 4.79 Å². The number of fused-ring (bicyclic) bond motifs is 3. The zero-order valence-electron chi connectivity index (χ0n) is 17.0. The van der Waals surface area contributed by atoms with Crippen molar-refractivity contribution in [1.82, 2.24) is 24.3 Å². The first-order chi connectivity index (χ1) is 14.5. The molecule has 152 valence electrons. The summed E-state index contributed by atoms with van der Waals surface area (Å²) in [6.45, 7) is 3.10. The molecule has 0 aliphatic carbocycles. The number of rotatable bonds is 2. The summed E-state index contributed by atoms with van der Waals surface area (Å²) in [6.07, 6.45) is 0. The van der Waals surface area contributed by atoms with E-state index in [0.717, 1.165) is 40.6 Å².